The monoisotopic (exact) mass is 310 g/mol. The van der Waals surface area contributed by atoms with Gasteiger partial charge >= 0.3 is 5.97 Å². The Morgan fingerprint density at radius 3 is 2.00 bits per heavy atom. The summed E-state index contributed by atoms with van der Waals surface area (Å²) in [5.41, 5.74) is 2.21. The predicted molar refractivity (Wildman–Crippen MR) is 95.9 cm³/mol. The van der Waals surface area contributed by atoms with Crippen molar-refractivity contribution < 1.29 is 9.53 Å². The van der Waals surface area contributed by atoms with Crippen molar-refractivity contribution in [1.82, 2.24) is 0 Å². The molecule has 2 nitrogen and oxygen atoms in total. The maximum atomic E-state index is 12.4. The Kier molecular flexibility index (Phi) is 9.71. The van der Waals surface area contributed by atoms with Crippen molar-refractivity contribution in [1.29, 1.82) is 0 Å². The first-order chi connectivity index (χ1) is 10.2. The van der Waals surface area contributed by atoms with Crippen LogP contribution in [0.4, 0.5) is 0 Å². The van der Waals surface area contributed by atoms with Gasteiger partial charge in [-0.15, -0.1) is 0 Å². The molecule has 0 rings (SSSR count). The van der Waals surface area contributed by atoms with Gasteiger partial charge in [0, 0.05) is 5.57 Å². The lowest BCUT2D eigenvalue weighted by molar-refractivity contribution is -0.140. The fraction of sp³-hybridized carbons (Fsp3) is 0.850. The standard InChI is InChI=1S/C20H38O2/c1-9-15(5)13-20(8,12-4)18(11-3)17(7)19(21)22-14-16(6)10-2/h15-16H,9-14H2,1-8H3. The second-order valence-corrected chi connectivity index (χ2v) is 7.20. The fourth-order valence-electron chi connectivity index (χ4n) is 3.11. The van der Waals surface area contributed by atoms with Crippen LogP contribution in [0.1, 0.15) is 87.5 Å². The number of carbonyl (C=O) groups is 1. The van der Waals surface area contributed by atoms with Crippen LogP contribution in [0, 0.1) is 17.3 Å². The van der Waals surface area contributed by atoms with E-state index >= 15 is 0 Å². The van der Waals surface area contributed by atoms with E-state index in [-0.39, 0.29) is 11.4 Å². The Hall–Kier alpha value is -0.790. The predicted octanol–water partition coefficient (Wildman–Crippen LogP) is 6.15. The van der Waals surface area contributed by atoms with Crippen LogP contribution in [0.3, 0.4) is 0 Å². The van der Waals surface area contributed by atoms with E-state index in [1.54, 1.807) is 0 Å². The average molecular weight is 311 g/mol. The van der Waals surface area contributed by atoms with Crippen molar-refractivity contribution in [3.05, 3.63) is 11.1 Å². The van der Waals surface area contributed by atoms with Crippen LogP contribution in [-0.4, -0.2) is 12.6 Å². The highest BCUT2D eigenvalue weighted by molar-refractivity contribution is 5.89. The molecule has 0 heterocycles. The number of esters is 1. The molecule has 3 unspecified atom stereocenters. The van der Waals surface area contributed by atoms with Gasteiger partial charge < -0.3 is 4.74 Å². The van der Waals surface area contributed by atoms with Crippen molar-refractivity contribution in [3.8, 4) is 0 Å². The molecule has 0 saturated carbocycles. The van der Waals surface area contributed by atoms with Crippen LogP contribution in [0.15, 0.2) is 11.1 Å². The van der Waals surface area contributed by atoms with Crippen molar-refractivity contribution in [3.63, 3.8) is 0 Å². The summed E-state index contributed by atoms with van der Waals surface area (Å²) in [6.45, 7) is 18.0. The smallest absolute Gasteiger partial charge is 0.333 e. The minimum Gasteiger partial charge on any atom is -0.462 e. The highest BCUT2D eigenvalue weighted by Crippen LogP contribution is 2.41. The summed E-state index contributed by atoms with van der Waals surface area (Å²) in [4.78, 5) is 12.4. The van der Waals surface area contributed by atoms with Crippen molar-refractivity contribution in [2.45, 2.75) is 87.5 Å². The summed E-state index contributed by atoms with van der Waals surface area (Å²) < 4.78 is 5.51. The lowest BCUT2D eigenvalue weighted by Crippen LogP contribution is -2.25. The molecule has 0 aliphatic rings. The van der Waals surface area contributed by atoms with Crippen molar-refractivity contribution in [2.75, 3.05) is 6.61 Å². The van der Waals surface area contributed by atoms with Gasteiger partial charge in [-0.1, -0.05) is 66.9 Å². The largest absolute Gasteiger partial charge is 0.462 e. The molecule has 0 radical (unpaired) electrons. The summed E-state index contributed by atoms with van der Waals surface area (Å²) in [6.07, 6.45) is 5.35. The molecular weight excluding hydrogens is 272 g/mol. The van der Waals surface area contributed by atoms with Gasteiger partial charge in [0.2, 0.25) is 0 Å². The normalized spacial score (nSPS) is 18.2. The summed E-state index contributed by atoms with van der Waals surface area (Å²) in [7, 11) is 0. The highest BCUT2D eigenvalue weighted by atomic mass is 16.5. The lowest BCUT2D eigenvalue weighted by Gasteiger charge is -2.35. The van der Waals surface area contributed by atoms with Gasteiger partial charge in [0.25, 0.3) is 0 Å². The molecule has 0 aliphatic carbocycles. The Balaban J connectivity index is 5.25. The second kappa shape index (κ2) is 10.1. The summed E-state index contributed by atoms with van der Waals surface area (Å²) in [6, 6.07) is 0. The van der Waals surface area contributed by atoms with Crippen LogP contribution >= 0.6 is 0 Å². The molecule has 0 fully saturated rings. The molecule has 0 aromatic carbocycles. The van der Waals surface area contributed by atoms with E-state index in [1.165, 1.54) is 12.0 Å². The fourth-order valence-corrected chi connectivity index (χ4v) is 3.11. The van der Waals surface area contributed by atoms with Crippen LogP contribution in [0.2, 0.25) is 0 Å². The molecule has 0 N–H and O–H groups in total. The lowest BCUT2D eigenvalue weighted by atomic mass is 9.70. The van der Waals surface area contributed by atoms with Crippen molar-refractivity contribution in [2.24, 2.45) is 17.3 Å². The Morgan fingerprint density at radius 1 is 1.05 bits per heavy atom. The van der Waals surface area contributed by atoms with Crippen LogP contribution < -0.4 is 0 Å². The quantitative estimate of drug-likeness (QED) is 0.357. The molecule has 130 valence electrons. The first-order valence-electron chi connectivity index (χ1n) is 9.12. The average Bonchev–Trinajstić information content (AvgIpc) is 2.52. The minimum absolute atomic E-state index is 0.101. The van der Waals surface area contributed by atoms with E-state index in [0.29, 0.717) is 18.4 Å². The van der Waals surface area contributed by atoms with Gasteiger partial charge in [-0.05, 0) is 43.4 Å². The van der Waals surface area contributed by atoms with Crippen LogP contribution in [0.25, 0.3) is 0 Å². The van der Waals surface area contributed by atoms with E-state index in [1.807, 2.05) is 6.92 Å². The summed E-state index contributed by atoms with van der Waals surface area (Å²) in [5.74, 6) is 0.982. The maximum Gasteiger partial charge on any atom is 0.333 e. The number of ether oxygens (including phenoxy) is 1. The molecule has 0 aromatic heterocycles. The minimum atomic E-state index is -0.124. The number of rotatable bonds is 10. The summed E-state index contributed by atoms with van der Waals surface area (Å²) >= 11 is 0. The van der Waals surface area contributed by atoms with Crippen molar-refractivity contribution >= 4 is 5.97 Å². The zero-order valence-corrected chi connectivity index (χ0v) is 16.2. The van der Waals surface area contributed by atoms with E-state index in [0.717, 1.165) is 31.3 Å². The highest BCUT2D eigenvalue weighted by Gasteiger charge is 2.31. The third kappa shape index (κ3) is 6.14. The zero-order valence-electron chi connectivity index (χ0n) is 16.2. The van der Waals surface area contributed by atoms with Gasteiger partial charge in [-0.25, -0.2) is 4.79 Å². The van der Waals surface area contributed by atoms with E-state index in [4.69, 9.17) is 4.74 Å². The molecule has 2 heteroatoms. The Morgan fingerprint density at radius 2 is 1.59 bits per heavy atom. The maximum absolute atomic E-state index is 12.4. The van der Waals surface area contributed by atoms with Crippen LogP contribution in [0.5, 0.6) is 0 Å². The molecule has 22 heavy (non-hydrogen) atoms. The molecule has 0 spiro atoms. The van der Waals surface area contributed by atoms with E-state index in [9.17, 15) is 4.79 Å². The molecular formula is C20H38O2. The van der Waals surface area contributed by atoms with Gasteiger partial charge in [0.05, 0.1) is 6.61 Å². The number of allylic oxidation sites excluding steroid dienone is 1. The van der Waals surface area contributed by atoms with Gasteiger partial charge in [0.15, 0.2) is 0 Å². The van der Waals surface area contributed by atoms with E-state index < -0.39 is 0 Å². The molecule has 0 amide bonds. The van der Waals surface area contributed by atoms with E-state index in [2.05, 4.69) is 48.5 Å². The third-order valence-electron chi connectivity index (χ3n) is 5.31. The Labute approximate surface area is 138 Å². The first kappa shape index (κ1) is 21.2. The summed E-state index contributed by atoms with van der Waals surface area (Å²) in [5, 5.41) is 0. The molecule has 0 aromatic rings. The Bertz CT molecular complexity index is 370. The number of hydrogen-bond acceptors (Lipinski definition) is 2. The SMILES string of the molecule is CCC(=C(C)C(=O)OCC(C)CC)C(C)(CC)CC(C)CC. The molecule has 0 aliphatic heterocycles. The molecule has 0 bridgehead atoms. The number of carbonyl (C=O) groups excluding carboxylic acids is 1. The third-order valence-corrected chi connectivity index (χ3v) is 5.31. The van der Waals surface area contributed by atoms with Crippen LogP contribution in [-0.2, 0) is 9.53 Å². The first-order valence-corrected chi connectivity index (χ1v) is 9.12. The molecule has 3 atom stereocenters. The second-order valence-electron chi connectivity index (χ2n) is 7.20. The van der Waals surface area contributed by atoms with Gasteiger partial charge in [0.1, 0.15) is 0 Å². The molecule has 0 saturated heterocycles. The zero-order chi connectivity index (χ0) is 17.3. The van der Waals surface area contributed by atoms with Gasteiger partial charge in [-0.3, -0.25) is 0 Å². The topological polar surface area (TPSA) is 26.3 Å². The van der Waals surface area contributed by atoms with Gasteiger partial charge in [-0.2, -0.15) is 0 Å². The number of hydrogen-bond donors (Lipinski definition) is 0.